The topological polar surface area (TPSA) is 68.0 Å². The number of hydrogen-bond acceptors (Lipinski definition) is 4. The van der Waals surface area contributed by atoms with Crippen LogP contribution in [0.2, 0.25) is 0 Å². The second-order valence-corrected chi connectivity index (χ2v) is 6.19. The summed E-state index contributed by atoms with van der Waals surface area (Å²) in [5.41, 5.74) is 9.00. The first-order valence-corrected chi connectivity index (χ1v) is 7.93. The van der Waals surface area contributed by atoms with E-state index in [9.17, 15) is 4.79 Å². The van der Waals surface area contributed by atoms with E-state index < -0.39 is 0 Å². The third-order valence-corrected chi connectivity index (χ3v) is 4.66. The smallest absolute Gasteiger partial charge is 0.263 e. The molecule has 1 amide bonds. The Labute approximate surface area is 133 Å². The number of amides is 1. The number of anilines is 1. The Hall–Kier alpha value is -2.40. The second-order valence-electron chi connectivity index (χ2n) is 5.19. The summed E-state index contributed by atoms with van der Waals surface area (Å²) < 4.78 is 0. The van der Waals surface area contributed by atoms with Gasteiger partial charge >= 0.3 is 0 Å². The molecule has 0 aliphatic heterocycles. The van der Waals surface area contributed by atoms with Gasteiger partial charge in [-0.2, -0.15) is 0 Å². The van der Waals surface area contributed by atoms with E-state index in [4.69, 9.17) is 5.73 Å². The van der Waals surface area contributed by atoms with Crippen LogP contribution in [-0.4, -0.2) is 17.4 Å². The highest BCUT2D eigenvalue weighted by Gasteiger charge is 2.16. The van der Waals surface area contributed by atoms with Crippen LogP contribution in [0.1, 0.15) is 20.8 Å². The van der Waals surface area contributed by atoms with Gasteiger partial charge in [-0.25, -0.2) is 4.98 Å². The Kier molecular flexibility index (Phi) is 4.06. The molecule has 0 atom stereocenters. The highest BCUT2D eigenvalue weighted by Crippen LogP contribution is 2.31. The number of nitrogens with zero attached hydrogens (tertiary/aromatic N) is 1. The van der Waals surface area contributed by atoms with Gasteiger partial charge in [-0.3, -0.25) is 4.79 Å². The molecule has 0 unspecified atom stereocenters. The van der Waals surface area contributed by atoms with E-state index in [1.807, 2.05) is 12.1 Å². The fraction of sp³-hybridized carbons (Fsp3) is 0.176. The van der Waals surface area contributed by atoms with Crippen molar-refractivity contribution in [3.05, 3.63) is 58.6 Å². The van der Waals surface area contributed by atoms with Gasteiger partial charge in [0.05, 0.1) is 5.69 Å². The summed E-state index contributed by atoms with van der Waals surface area (Å²) in [6.45, 7) is 2.65. The van der Waals surface area contributed by atoms with Crippen molar-refractivity contribution < 1.29 is 4.79 Å². The van der Waals surface area contributed by atoms with Crippen molar-refractivity contribution in [3.63, 3.8) is 0 Å². The number of pyridine rings is 1. The van der Waals surface area contributed by atoms with Gasteiger partial charge in [0.1, 0.15) is 9.71 Å². The second kappa shape index (κ2) is 6.15. The van der Waals surface area contributed by atoms with Crippen molar-refractivity contribution >= 4 is 33.1 Å². The van der Waals surface area contributed by atoms with Crippen molar-refractivity contribution in [2.45, 2.75) is 13.3 Å². The van der Waals surface area contributed by atoms with Gasteiger partial charge < -0.3 is 11.1 Å². The van der Waals surface area contributed by atoms with Crippen LogP contribution in [-0.2, 0) is 6.42 Å². The molecule has 0 aliphatic carbocycles. The number of nitrogens with two attached hydrogens (primary N) is 1. The molecule has 2 heterocycles. The summed E-state index contributed by atoms with van der Waals surface area (Å²) >= 11 is 1.33. The maximum atomic E-state index is 12.3. The lowest BCUT2D eigenvalue weighted by Gasteiger charge is -2.05. The van der Waals surface area contributed by atoms with Crippen LogP contribution >= 0.6 is 11.3 Å². The van der Waals surface area contributed by atoms with Crippen LogP contribution in [0.4, 0.5) is 5.69 Å². The van der Waals surface area contributed by atoms with E-state index in [1.54, 1.807) is 6.20 Å². The maximum absolute atomic E-state index is 12.3. The minimum Gasteiger partial charge on any atom is -0.397 e. The number of nitrogen functional groups attached to an aromatic ring is 1. The van der Waals surface area contributed by atoms with Crippen LogP contribution < -0.4 is 11.1 Å². The summed E-state index contributed by atoms with van der Waals surface area (Å²) in [6.07, 6.45) is 2.51. The Morgan fingerprint density at radius 3 is 2.77 bits per heavy atom. The summed E-state index contributed by atoms with van der Waals surface area (Å²) in [7, 11) is 0. The fourth-order valence-corrected chi connectivity index (χ4v) is 3.25. The number of aryl methyl sites for hydroxylation is 1. The van der Waals surface area contributed by atoms with Crippen LogP contribution in [0.5, 0.6) is 0 Å². The molecule has 0 aliphatic rings. The van der Waals surface area contributed by atoms with Crippen LogP contribution in [0.25, 0.3) is 10.2 Å². The quantitative estimate of drug-likeness (QED) is 0.777. The zero-order valence-corrected chi connectivity index (χ0v) is 13.1. The molecule has 0 saturated carbocycles. The fourth-order valence-electron chi connectivity index (χ4n) is 2.28. The lowest BCUT2D eigenvalue weighted by atomic mass is 10.1. The summed E-state index contributed by atoms with van der Waals surface area (Å²) in [4.78, 5) is 17.8. The van der Waals surface area contributed by atoms with E-state index >= 15 is 0 Å². The first kappa shape index (κ1) is 14.5. The monoisotopic (exact) mass is 311 g/mol. The molecule has 5 heteroatoms. The molecule has 0 spiro atoms. The Bertz CT molecular complexity index is 808. The SMILES string of the molecule is Cc1ccc(CCNC(=O)c2sc3ncccc3c2N)cc1. The predicted octanol–water partition coefficient (Wildman–Crippen LogP) is 3.16. The Balaban J connectivity index is 1.66. The first-order valence-electron chi connectivity index (χ1n) is 7.12. The van der Waals surface area contributed by atoms with Crippen molar-refractivity contribution in [2.24, 2.45) is 0 Å². The lowest BCUT2D eigenvalue weighted by molar-refractivity contribution is 0.0959. The molecule has 4 nitrogen and oxygen atoms in total. The van der Waals surface area contributed by atoms with Crippen molar-refractivity contribution in [2.75, 3.05) is 12.3 Å². The molecule has 3 N–H and O–H groups in total. The van der Waals surface area contributed by atoms with E-state index in [-0.39, 0.29) is 5.91 Å². The van der Waals surface area contributed by atoms with Gasteiger partial charge in [-0.15, -0.1) is 11.3 Å². The minimum absolute atomic E-state index is 0.132. The average molecular weight is 311 g/mol. The molecule has 112 valence electrons. The largest absolute Gasteiger partial charge is 0.397 e. The highest BCUT2D eigenvalue weighted by molar-refractivity contribution is 7.21. The zero-order valence-electron chi connectivity index (χ0n) is 12.3. The number of rotatable bonds is 4. The Morgan fingerprint density at radius 1 is 1.27 bits per heavy atom. The molecule has 0 fully saturated rings. The molecule has 0 bridgehead atoms. The summed E-state index contributed by atoms with van der Waals surface area (Å²) in [5, 5.41) is 3.77. The molecular weight excluding hydrogens is 294 g/mol. The zero-order chi connectivity index (χ0) is 15.5. The Morgan fingerprint density at radius 2 is 2.05 bits per heavy atom. The number of nitrogens with one attached hydrogen (secondary N) is 1. The molecule has 2 aromatic heterocycles. The minimum atomic E-state index is -0.132. The number of carbonyl (C=O) groups excluding carboxylic acids is 1. The van der Waals surface area contributed by atoms with Crippen LogP contribution in [0, 0.1) is 6.92 Å². The van der Waals surface area contributed by atoms with Crippen molar-refractivity contribution in [3.8, 4) is 0 Å². The molecule has 1 aromatic carbocycles. The molecular formula is C17H17N3OS. The van der Waals surface area contributed by atoms with E-state index in [0.29, 0.717) is 17.1 Å². The standard InChI is InChI=1S/C17H17N3OS/c1-11-4-6-12(7-5-11)8-10-19-16(21)15-14(18)13-3-2-9-20-17(13)22-15/h2-7,9H,8,10,18H2,1H3,(H,19,21). The highest BCUT2D eigenvalue weighted by atomic mass is 32.1. The van der Waals surface area contributed by atoms with Crippen molar-refractivity contribution in [1.82, 2.24) is 10.3 Å². The van der Waals surface area contributed by atoms with Gasteiger partial charge in [0.2, 0.25) is 0 Å². The van der Waals surface area contributed by atoms with Gasteiger partial charge in [0.15, 0.2) is 0 Å². The molecule has 3 rings (SSSR count). The van der Waals surface area contributed by atoms with E-state index in [1.165, 1.54) is 22.5 Å². The van der Waals surface area contributed by atoms with Gasteiger partial charge in [0, 0.05) is 18.1 Å². The van der Waals surface area contributed by atoms with Crippen LogP contribution in [0.3, 0.4) is 0 Å². The molecule has 0 saturated heterocycles. The molecule has 0 radical (unpaired) electrons. The van der Waals surface area contributed by atoms with Gasteiger partial charge in [0.25, 0.3) is 5.91 Å². The number of fused-ring (bicyclic) bond motifs is 1. The number of hydrogen-bond donors (Lipinski definition) is 2. The van der Waals surface area contributed by atoms with Crippen LogP contribution in [0.15, 0.2) is 42.6 Å². The van der Waals surface area contributed by atoms with E-state index in [0.717, 1.165) is 16.6 Å². The third kappa shape index (κ3) is 2.94. The molecule has 22 heavy (non-hydrogen) atoms. The third-order valence-electron chi connectivity index (χ3n) is 3.53. The number of aromatic nitrogens is 1. The average Bonchev–Trinajstić information content (AvgIpc) is 2.87. The predicted molar refractivity (Wildman–Crippen MR) is 91.2 cm³/mol. The lowest BCUT2D eigenvalue weighted by Crippen LogP contribution is -2.25. The number of carbonyl (C=O) groups is 1. The van der Waals surface area contributed by atoms with Gasteiger partial charge in [-0.1, -0.05) is 29.8 Å². The normalized spacial score (nSPS) is 10.8. The summed E-state index contributed by atoms with van der Waals surface area (Å²) in [6, 6.07) is 12.0. The first-order chi connectivity index (χ1) is 10.6. The maximum Gasteiger partial charge on any atom is 0.263 e. The molecule has 3 aromatic rings. The number of benzene rings is 1. The number of thiophene rings is 1. The van der Waals surface area contributed by atoms with Gasteiger partial charge in [-0.05, 0) is 31.0 Å². The van der Waals surface area contributed by atoms with Crippen molar-refractivity contribution in [1.29, 1.82) is 0 Å². The summed E-state index contributed by atoms with van der Waals surface area (Å²) in [5.74, 6) is -0.132. The van der Waals surface area contributed by atoms with E-state index in [2.05, 4.69) is 41.5 Å².